The molecule has 20 heavy (non-hydrogen) atoms. The van der Waals surface area contributed by atoms with Crippen LogP contribution >= 0.6 is 23.2 Å². The first-order chi connectivity index (χ1) is 9.74. The fraction of sp³-hybridized carbons (Fsp3) is 0.692. The van der Waals surface area contributed by atoms with Crippen molar-refractivity contribution in [3.8, 4) is 0 Å². The molecule has 0 bridgehead atoms. The number of aromatic nitrogens is 2. The molecule has 0 unspecified atom stereocenters. The average molecular weight is 317 g/mol. The van der Waals surface area contributed by atoms with Crippen LogP contribution in [0.4, 0.5) is 5.82 Å². The van der Waals surface area contributed by atoms with Crippen molar-refractivity contribution in [1.82, 2.24) is 14.9 Å². The van der Waals surface area contributed by atoms with E-state index < -0.39 is 0 Å². The Hall–Kier alpha value is -0.620. The molecular weight excluding hydrogens is 299 g/mol. The first-order valence-corrected chi connectivity index (χ1v) is 7.76. The van der Waals surface area contributed by atoms with Crippen molar-refractivity contribution in [1.29, 1.82) is 0 Å². The lowest BCUT2D eigenvalue weighted by molar-refractivity contribution is 0.0376. The summed E-state index contributed by atoms with van der Waals surface area (Å²) in [6, 6.07) is 0. The van der Waals surface area contributed by atoms with Gasteiger partial charge in [-0.05, 0) is 24.4 Å². The molecule has 2 aliphatic heterocycles. The van der Waals surface area contributed by atoms with Crippen LogP contribution in [-0.4, -0.2) is 60.8 Å². The highest BCUT2D eigenvalue weighted by Crippen LogP contribution is 2.31. The van der Waals surface area contributed by atoms with Crippen LogP contribution in [0.5, 0.6) is 0 Å². The maximum Gasteiger partial charge on any atom is 0.225 e. The topological polar surface area (TPSA) is 41.5 Å². The maximum atomic E-state index is 6.11. The number of ether oxygens (including phenoxy) is 1. The van der Waals surface area contributed by atoms with E-state index in [1.54, 1.807) is 0 Å². The highest BCUT2D eigenvalue weighted by Gasteiger charge is 2.24. The van der Waals surface area contributed by atoms with Crippen molar-refractivity contribution >= 4 is 29.0 Å². The summed E-state index contributed by atoms with van der Waals surface area (Å²) < 4.78 is 5.35. The molecule has 110 valence electrons. The van der Waals surface area contributed by atoms with Crippen LogP contribution in [0.1, 0.15) is 12.0 Å². The molecular formula is C13H18Cl2N4O. The molecule has 0 aliphatic carbocycles. The number of halogens is 2. The monoisotopic (exact) mass is 316 g/mol. The number of fused-ring (bicyclic) bond motifs is 1. The van der Waals surface area contributed by atoms with Gasteiger partial charge in [-0.3, -0.25) is 4.90 Å². The third kappa shape index (κ3) is 3.17. The molecule has 0 saturated carbocycles. The summed E-state index contributed by atoms with van der Waals surface area (Å²) >= 11 is 12.0. The van der Waals surface area contributed by atoms with Gasteiger partial charge in [0.1, 0.15) is 11.0 Å². The SMILES string of the molecule is Clc1nc(Cl)c2c(n1)N(CCCN1CCOCC1)CC2. The maximum absolute atomic E-state index is 6.11. The Kier molecular flexibility index (Phi) is 4.61. The average Bonchev–Trinajstić information content (AvgIpc) is 2.83. The molecule has 0 spiro atoms. The zero-order chi connectivity index (χ0) is 13.9. The number of rotatable bonds is 4. The van der Waals surface area contributed by atoms with Gasteiger partial charge < -0.3 is 9.64 Å². The molecule has 1 aromatic rings. The number of hydrogen-bond acceptors (Lipinski definition) is 5. The highest BCUT2D eigenvalue weighted by molar-refractivity contribution is 6.32. The molecule has 0 radical (unpaired) electrons. The molecule has 3 heterocycles. The zero-order valence-electron chi connectivity index (χ0n) is 11.3. The summed E-state index contributed by atoms with van der Waals surface area (Å²) in [5, 5.41) is 0.726. The normalized spacial score (nSPS) is 19.4. The van der Waals surface area contributed by atoms with Gasteiger partial charge in [0.2, 0.25) is 5.28 Å². The number of hydrogen-bond donors (Lipinski definition) is 0. The lowest BCUT2D eigenvalue weighted by Crippen LogP contribution is -2.38. The number of morpholine rings is 1. The molecule has 3 rings (SSSR count). The Balaban J connectivity index is 1.55. The van der Waals surface area contributed by atoms with Crippen LogP contribution in [0.15, 0.2) is 0 Å². The van der Waals surface area contributed by atoms with E-state index in [-0.39, 0.29) is 5.28 Å². The van der Waals surface area contributed by atoms with Gasteiger partial charge in [0.05, 0.1) is 13.2 Å². The lowest BCUT2D eigenvalue weighted by Gasteiger charge is -2.27. The molecule has 7 heteroatoms. The van der Waals surface area contributed by atoms with Crippen LogP contribution in [0.2, 0.25) is 10.4 Å². The van der Waals surface area contributed by atoms with E-state index in [4.69, 9.17) is 27.9 Å². The van der Waals surface area contributed by atoms with Crippen LogP contribution in [0.3, 0.4) is 0 Å². The second kappa shape index (κ2) is 6.43. The highest BCUT2D eigenvalue weighted by atomic mass is 35.5. The van der Waals surface area contributed by atoms with Crippen LogP contribution < -0.4 is 4.90 Å². The smallest absolute Gasteiger partial charge is 0.225 e. The Morgan fingerprint density at radius 2 is 1.85 bits per heavy atom. The van der Waals surface area contributed by atoms with Gasteiger partial charge in [-0.1, -0.05) is 11.6 Å². The summed E-state index contributed by atoms with van der Waals surface area (Å²) in [5.74, 6) is 0.914. The second-order valence-electron chi connectivity index (χ2n) is 5.13. The fourth-order valence-electron chi connectivity index (χ4n) is 2.78. The van der Waals surface area contributed by atoms with Crippen molar-refractivity contribution < 1.29 is 4.74 Å². The summed E-state index contributed by atoms with van der Waals surface area (Å²) in [7, 11) is 0. The molecule has 2 aliphatic rings. The van der Waals surface area contributed by atoms with E-state index in [1.807, 2.05) is 0 Å². The molecule has 0 atom stereocenters. The van der Waals surface area contributed by atoms with Gasteiger partial charge in [-0.25, -0.2) is 9.97 Å². The van der Waals surface area contributed by atoms with E-state index in [1.165, 1.54) is 0 Å². The van der Waals surface area contributed by atoms with Crippen molar-refractivity contribution in [2.45, 2.75) is 12.8 Å². The molecule has 0 N–H and O–H groups in total. The Bertz CT molecular complexity index is 480. The standard InChI is InChI=1S/C13H18Cl2N4O/c14-11-10-2-5-19(12(10)17-13(15)16-11)4-1-3-18-6-8-20-9-7-18/h1-9H2. The van der Waals surface area contributed by atoms with E-state index in [9.17, 15) is 0 Å². The van der Waals surface area contributed by atoms with E-state index in [2.05, 4.69) is 19.8 Å². The largest absolute Gasteiger partial charge is 0.379 e. The Morgan fingerprint density at radius 3 is 2.65 bits per heavy atom. The van der Waals surface area contributed by atoms with Gasteiger partial charge in [0.25, 0.3) is 0 Å². The fourth-order valence-corrected chi connectivity index (χ4v) is 3.24. The summed E-state index contributed by atoms with van der Waals surface area (Å²) in [6.07, 6.45) is 2.02. The molecule has 1 saturated heterocycles. The third-order valence-electron chi connectivity index (χ3n) is 3.84. The van der Waals surface area contributed by atoms with Crippen LogP contribution in [0.25, 0.3) is 0 Å². The lowest BCUT2D eigenvalue weighted by atomic mass is 10.3. The van der Waals surface area contributed by atoms with Crippen LogP contribution in [0, 0.1) is 0 Å². The van der Waals surface area contributed by atoms with Gasteiger partial charge >= 0.3 is 0 Å². The van der Waals surface area contributed by atoms with Gasteiger partial charge in [-0.2, -0.15) is 0 Å². The molecule has 5 nitrogen and oxygen atoms in total. The summed E-state index contributed by atoms with van der Waals surface area (Å²) in [6.45, 7) is 6.81. The molecule has 1 aromatic heterocycles. The zero-order valence-corrected chi connectivity index (χ0v) is 12.8. The molecule has 0 amide bonds. The minimum Gasteiger partial charge on any atom is -0.379 e. The van der Waals surface area contributed by atoms with Crippen molar-refractivity contribution in [3.05, 3.63) is 16.0 Å². The first-order valence-electron chi connectivity index (χ1n) is 7.01. The summed E-state index contributed by atoms with van der Waals surface area (Å²) in [5.41, 5.74) is 1.03. The van der Waals surface area contributed by atoms with E-state index >= 15 is 0 Å². The second-order valence-corrected chi connectivity index (χ2v) is 5.83. The first kappa shape index (κ1) is 14.3. The van der Waals surface area contributed by atoms with E-state index in [0.717, 1.165) is 70.2 Å². The minimum absolute atomic E-state index is 0.230. The van der Waals surface area contributed by atoms with Gasteiger partial charge in [0.15, 0.2) is 0 Å². The molecule has 0 aromatic carbocycles. The quantitative estimate of drug-likeness (QED) is 0.626. The van der Waals surface area contributed by atoms with Gasteiger partial charge in [0, 0.05) is 38.3 Å². The number of nitrogens with zero attached hydrogens (tertiary/aromatic N) is 4. The Morgan fingerprint density at radius 1 is 1.05 bits per heavy atom. The third-order valence-corrected chi connectivity index (χ3v) is 4.33. The van der Waals surface area contributed by atoms with Crippen molar-refractivity contribution in [2.24, 2.45) is 0 Å². The summed E-state index contributed by atoms with van der Waals surface area (Å²) in [4.78, 5) is 13.0. The van der Waals surface area contributed by atoms with Crippen molar-refractivity contribution in [2.75, 3.05) is 50.8 Å². The predicted octanol–water partition coefficient (Wildman–Crippen LogP) is 1.87. The van der Waals surface area contributed by atoms with Crippen LogP contribution in [-0.2, 0) is 11.2 Å². The predicted molar refractivity (Wildman–Crippen MR) is 79.8 cm³/mol. The minimum atomic E-state index is 0.230. The number of anilines is 1. The van der Waals surface area contributed by atoms with Crippen molar-refractivity contribution in [3.63, 3.8) is 0 Å². The Labute approximate surface area is 128 Å². The molecule has 1 fully saturated rings. The van der Waals surface area contributed by atoms with E-state index in [0.29, 0.717) is 5.15 Å². The van der Waals surface area contributed by atoms with Gasteiger partial charge in [-0.15, -0.1) is 0 Å².